The Hall–Kier alpha value is -2.05. The molecule has 0 radical (unpaired) electrons. The number of carbonyl (C=O) groups is 1. The van der Waals surface area contributed by atoms with Crippen molar-refractivity contribution in [3.8, 4) is 5.75 Å². The second kappa shape index (κ2) is 9.44. The molecule has 0 bridgehead atoms. The van der Waals surface area contributed by atoms with E-state index in [0.29, 0.717) is 24.5 Å². The molecule has 0 fully saturated rings. The molecule has 2 amide bonds. The first kappa shape index (κ1) is 19.3. The van der Waals surface area contributed by atoms with Crippen molar-refractivity contribution in [2.45, 2.75) is 6.54 Å². The molecule has 25 heavy (non-hydrogen) atoms. The molecule has 2 rings (SSSR count). The highest BCUT2D eigenvalue weighted by Gasteiger charge is 2.16. The first-order valence-corrected chi connectivity index (χ1v) is 8.87. The molecule has 0 aliphatic rings. The maximum Gasteiger partial charge on any atom is 0.322 e. The van der Waals surface area contributed by atoms with Crippen molar-refractivity contribution >= 4 is 27.6 Å². The summed E-state index contributed by atoms with van der Waals surface area (Å²) in [6.07, 6.45) is 0. The Morgan fingerprint density at radius 3 is 2.40 bits per heavy atom. The number of amides is 2. The molecule has 0 atom stereocenters. The average molecular weight is 406 g/mol. The van der Waals surface area contributed by atoms with Gasteiger partial charge in [0, 0.05) is 24.1 Å². The maximum atomic E-state index is 12.8. The fourth-order valence-electron chi connectivity index (χ4n) is 2.33. The molecule has 0 saturated heterocycles. The fraction of sp³-hybridized carbons (Fsp3) is 0.316. The fourth-order valence-corrected chi connectivity index (χ4v) is 2.59. The lowest BCUT2D eigenvalue weighted by molar-refractivity contribution is 0.202. The van der Waals surface area contributed by atoms with Gasteiger partial charge in [-0.15, -0.1) is 0 Å². The van der Waals surface area contributed by atoms with Crippen LogP contribution in [0.5, 0.6) is 5.75 Å². The van der Waals surface area contributed by atoms with Crippen molar-refractivity contribution in [2.24, 2.45) is 0 Å². The summed E-state index contributed by atoms with van der Waals surface area (Å²) in [6.45, 7) is 1.96. The van der Waals surface area contributed by atoms with Crippen LogP contribution in [0.15, 0.2) is 53.0 Å². The minimum atomic E-state index is -0.144. The molecule has 134 valence electrons. The predicted octanol–water partition coefficient (Wildman–Crippen LogP) is 4.05. The molecular weight excluding hydrogens is 382 g/mol. The van der Waals surface area contributed by atoms with E-state index < -0.39 is 0 Å². The number of urea groups is 1. The van der Waals surface area contributed by atoms with Crippen LogP contribution in [0, 0.1) is 0 Å². The van der Waals surface area contributed by atoms with Gasteiger partial charge in [0.15, 0.2) is 0 Å². The minimum absolute atomic E-state index is 0.144. The lowest BCUT2D eigenvalue weighted by Crippen LogP contribution is -2.39. The van der Waals surface area contributed by atoms with Gasteiger partial charge < -0.3 is 19.9 Å². The number of benzene rings is 2. The van der Waals surface area contributed by atoms with E-state index in [4.69, 9.17) is 4.74 Å². The molecule has 0 heterocycles. The number of hydrogen-bond acceptors (Lipinski definition) is 3. The summed E-state index contributed by atoms with van der Waals surface area (Å²) in [5.41, 5.74) is 1.75. The lowest BCUT2D eigenvalue weighted by Gasteiger charge is -2.25. The molecule has 0 aromatic heterocycles. The molecule has 5 nitrogen and oxygen atoms in total. The quantitative estimate of drug-likeness (QED) is 0.755. The van der Waals surface area contributed by atoms with Gasteiger partial charge in [-0.1, -0.05) is 40.2 Å². The van der Waals surface area contributed by atoms with Crippen LogP contribution in [-0.2, 0) is 6.54 Å². The summed E-state index contributed by atoms with van der Waals surface area (Å²) in [7, 11) is 5.59. The van der Waals surface area contributed by atoms with E-state index in [1.807, 2.05) is 62.6 Å². The molecule has 0 aliphatic heterocycles. The summed E-state index contributed by atoms with van der Waals surface area (Å²) in [6, 6.07) is 15.3. The zero-order valence-electron chi connectivity index (χ0n) is 14.8. The number of carbonyl (C=O) groups excluding carboxylic acids is 1. The van der Waals surface area contributed by atoms with Crippen LogP contribution in [0.1, 0.15) is 5.56 Å². The number of rotatable bonds is 7. The first-order chi connectivity index (χ1) is 12.0. The number of methoxy groups -OCH3 is 1. The monoisotopic (exact) mass is 405 g/mol. The first-order valence-electron chi connectivity index (χ1n) is 8.07. The molecule has 1 N–H and O–H groups in total. The lowest BCUT2D eigenvalue weighted by atomic mass is 10.2. The summed E-state index contributed by atoms with van der Waals surface area (Å²) in [5, 5.41) is 2.95. The van der Waals surface area contributed by atoms with Crippen LogP contribution in [0.25, 0.3) is 0 Å². The van der Waals surface area contributed by atoms with Crippen molar-refractivity contribution in [1.82, 2.24) is 9.80 Å². The van der Waals surface area contributed by atoms with Crippen LogP contribution in [0.4, 0.5) is 10.5 Å². The van der Waals surface area contributed by atoms with Gasteiger partial charge in [0.2, 0.25) is 0 Å². The Labute approximate surface area is 157 Å². The third-order valence-corrected chi connectivity index (χ3v) is 4.27. The third-order valence-electron chi connectivity index (χ3n) is 3.74. The van der Waals surface area contributed by atoms with E-state index in [1.165, 1.54) is 0 Å². The van der Waals surface area contributed by atoms with Crippen molar-refractivity contribution in [3.63, 3.8) is 0 Å². The topological polar surface area (TPSA) is 44.8 Å². The van der Waals surface area contributed by atoms with E-state index in [1.54, 1.807) is 12.0 Å². The summed E-state index contributed by atoms with van der Waals surface area (Å²) in [5.74, 6) is 0.645. The van der Waals surface area contributed by atoms with Gasteiger partial charge in [0.25, 0.3) is 0 Å². The van der Waals surface area contributed by atoms with Gasteiger partial charge >= 0.3 is 6.03 Å². The van der Waals surface area contributed by atoms with E-state index in [-0.39, 0.29) is 6.03 Å². The zero-order valence-corrected chi connectivity index (χ0v) is 16.4. The standard InChI is InChI=1S/C19H24BrN3O2/c1-22(2)12-13-23(14-15-8-10-16(20)11-9-15)19(24)21-17-6-4-5-7-18(17)25-3/h4-11H,12-14H2,1-3H3,(H,21,24). The van der Waals surface area contributed by atoms with Gasteiger partial charge in [-0.05, 0) is 43.9 Å². The van der Waals surface area contributed by atoms with Crippen molar-refractivity contribution in [2.75, 3.05) is 39.6 Å². The number of nitrogens with zero attached hydrogens (tertiary/aromatic N) is 2. The van der Waals surface area contributed by atoms with Gasteiger partial charge in [-0.3, -0.25) is 0 Å². The third kappa shape index (κ3) is 6.07. The van der Waals surface area contributed by atoms with Crippen LogP contribution >= 0.6 is 15.9 Å². The van der Waals surface area contributed by atoms with Crippen LogP contribution < -0.4 is 10.1 Å². The van der Waals surface area contributed by atoms with E-state index in [0.717, 1.165) is 16.6 Å². The minimum Gasteiger partial charge on any atom is -0.495 e. The number of anilines is 1. The number of hydrogen-bond donors (Lipinski definition) is 1. The molecule has 0 spiro atoms. The van der Waals surface area contributed by atoms with Crippen LogP contribution in [-0.4, -0.2) is 50.1 Å². The highest BCUT2D eigenvalue weighted by molar-refractivity contribution is 9.10. The maximum absolute atomic E-state index is 12.8. The number of likely N-dealkylation sites (N-methyl/N-ethyl adjacent to an activating group) is 1. The number of ether oxygens (including phenoxy) is 1. The molecule has 0 saturated carbocycles. The van der Waals surface area contributed by atoms with Crippen molar-refractivity contribution in [3.05, 3.63) is 58.6 Å². The second-order valence-electron chi connectivity index (χ2n) is 5.98. The largest absolute Gasteiger partial charge is 0.495 e. The SMILES string of the molecule is COc1ccccc1NC(=O)N(CCN(C)C)Cc1ccc(Br)cc1. The second-order valence-corrected chi connectivity index (χ2v) is 6.90. The van der Waals surface area contributed by atoms with E-state index in [9.17, 15) is 4.79 Å². The van der Waals surface area contributed by atoms with Crippen molar-refractivity contribution in [1.29, 1.82) is 0 Å². The van der Waals surface area contributed by atoms with Crippen LogP contribution in [0.2, 0.25) is 0 Å². The highest BCUT2D eigenvalue weighted by Crippen LogP contribution is 2.23. The van der Waals surface area contributed by atoms with Crippen molar-refractivity contribution < 1.29 is 9.53 Å². The summed E-state index contributed by atoms with van der Waals surface area (Å²) < 4.78 is 6.33. The highest BCUT2D eigenvalue weighted by atomic mass is 79.9. The van der Waals surface area contributed by atoms with Gasteiger partial charge in [-0.25, -0.2) is 4.79 Å². The normalized spacial score (nSPS) is 10.6. The van der Waals surface area contributed by atoms with Crippen LogP contribution in [0.3, 0.4) is 0 Å². The summed E-state index contributed by atoms with van der Waals surface area (Å²) >= 11 is 3.44. The Kier molecular flexibility index (Phi) is 7.28. The van der Waals surface area contributed by atoms with E-state index >= 15 is 0 Å². The molecule has 2 aromatic rings. The Balaban J connectivity index is 2.12. The number of para-hydroxylation sites is 2. The number of nitrogens with one attached hydrogen (secondary N) is 1. The zero-order chi connectivity index (χ0) is 18.2. The summed E-state index contributed by atoms with van der Waals surface area (Å²) in [4.78, 5) is 16.7. The molecule has 6 heteroatoms. The Bertz CT molecular complexity index is 689. The Morgan fingerprint density at radius 1 is 1.08 bits per heavy atom. The average Bonchev–Trinajstić information content (AvgIpc) is 2.60. The van der Waals surface area contributed by atoms with Gasteiger partial charge in [0.1, 0.15) is 5.75 Å². The smallest absolute Gasteiger partial charge is 0.322 e. The van der Waals surface area contributed by atoms with E-state index in [2.05, 4.69) is 26.1 Å². The molecule has 0 aliphatic carbocycles. The van der Waals surface area contributed by atoms with Gasteiger partial charge in [0.05, 0.1) is 12.8 Å². The molecule has 0 unspecified atom stereocenters. The number of halogens is 1. The Morgan fingerprint density at radius 2 is 1.76 bits per heavy atom. The predicted molar refractivity (Wildman–Crippen MR) is 105 cm³/mol. The van der Waals surface area contributed by atoms with Gasteiger partial charge in [-0.2, -0.15) is 0 Å². The molecular formula is C19H24BrN3O2. The molecule has 2 aromatic carbocycles.